The van der Waals surface area contributed by atoms with Gasteiger partial charge in [-0.25, -0.2) is 0 Å². The Morgan fingerprint density at radius 3 is 2.47 bits per heavy atom. The van der Waals surface area contributed by atoms with Crippen LogP contribution in [0.15, 0.2) is 24.3 Å². The van der Waals surface area contributed by atoms with E-state index in [-0.39, 0.29) is 5.54 Å². The predicted molar refractivity (Wildman–Crippen MR) is 73.9 cm³/mol. The lowest BCUT2D eigenvalue weighted by atomic mass is 10.1. The second-order valence-electron chi connectivity index (χ2n) is 5.03. The maximum atomic E-state index is 5.55. The van der Waals surface area contributed by atoms with Gasteiger partial charge >= 0.3 is 0 Å². The normalized spacial score (nSPS) is 11.3. The van der Waals surface area contributed by atoms with Crippen molar-refractivity contribution in [2.75, 3.05) is 25.0 Å². The summed E-state index contributed by atoms with van der Waals surface area (Å²) >= 11 is 0. The molecule has 0 aromatic heterocycles. The summed E-state index contributed by atoms with van der Waals surface area (Å²) < 4.78 is 5.55. The zero-order valence-corrected chi connectivity index (χ0v) is 11.3. The highest BCUT2D eigenvalue weighted by Crippen LogP contribution is 2.23. The van der Waals surface area contributed by atoms with Gasteiger partial charge < -0.3 is 15.4 Å². The van der Waals surface area contributed by atoms with Gasteiger partial charge in [0.15, 0.2) is 0 Å². The van der Waals surface area contributed by atoms with Crippen molar-refractivity contribution >= 4 is 5.69 Å². The Hall–Kier alpha value is -1.22. The lowest BCUT2D eigenvalue weighted by Gasteiger charge is -2.21. The minimum absolute atomic E-state index is 0.168. The maximum absolute atomic E-state index is 5.55. The highest BCUT2D eigenvalue weighted by Gasteiger charge is 2.07. The number of ether oxygens (including phenoxy) is 1. The highest BCUT2D eigenvalue weighted by molar-refractivity contribution is 5.56. The number of hydrogen-bond donors (Lipinski definition) is 2. The Labute approximate surface area is 105 Å². The molecule has 0 atom stereocenters. The minimum atomic E-state index is 0.168. The summed E-state index contributed by atoms with van der Waals surface area (Å²) in [7, 11) is 0. The second-order valence-corrected chi connectivity index (χ2v) is 5.03. The van der Waals surface area contributed by atoms with E-state index in [0.717, 1.165) is 24.5 Å². The molecule has 1 aromatic rings. The molecule has 1 rings (SSSR count). The van der Waals surface area contributed by atoms with Crippen molar-refractivity contribution in [3.05, 3.63) is 24.3 Å². The van der Waals surface area contributed by atoms with Crippen LogP contribution in [0.5, 0.6) is 5.75 Å². The van der Waals surface area contributed by atoms with E-state index in [2.05, 4.69) is 31.4 Å². The molecular weight excluding hydrogens is 212 g/mol. The minimum Gasteiger partial charge on any atom is -0.492 e. The summed E-state index contributed by atoms with van der Waals surface area (Å²) in [4.78, 5) is 0. The number of anilines is 1. The van der Waals surface area contributed by atoms with Crippen LogP contribution in [-0.4, -0.2) is 25.2 Å². The van der Waals surface area contributed by atoms with E-state index in [1.54, 1.807) is 0 Å². The molecule has 0 bridgehead atoms. The zero-order chi connectivity index (χ0) is 12.7. The first-order chi connectivity index (χ1) is 8.03. The van der Waals surface area contributed by atoms with E-state index in [1.165, 1.54) is 0 Å². The van der Waals surface area contributed by atoms with Gasteiger partial charge in [0.05, 0.1) is 12.3 Å². The van der Waals surface area contributed by atoms with Crippen LogP contribution in [0, 0.1) is 0 Å². The number of para-hydroxylation sites is 2. The van der Waals surface area contributed by atoms with Crippen molar-refractivity contribution in [2.24, 2.45) is 0 Å². The van der Waals surface area contributed by atoms with Crippen LogP contribution in [0.4, 0.5) is 5.69 Å². The van der Waals surface area contributed by atoms with E-state index >= 15 is 0 Å². The quantitative estimate of drug-likeness (QED) is 0.745. The zero-order valence-electron chi connectivity index (χ0n) is 11.3. The molecule has 0 saturated carbocycles. The van der Waals surface area contributed by atoms with E-state index in [4.69, 9.17) is 4.74 Å². The maximum Gasteiger partial charge on any atom is 0.142 e. The summed E-state index contributed by atoms with van der Waals surface area (Å²) in [6.45, 7) is 11.0. The smallest absolute Gasteiger partial charge is 0.142 e. The molecule has 0 saturated heterocycles. The van der Waals surface area contributed by atoms with E-state index in [9.17, 15) is 0 Å². The molecular formula is C14H24N2O. The fraction of sp³-hybridized carbons (Fsp3) is 0.571. The van der Waals surface area contributed by atoms with Crippen molar-refractivity contribution in [2.45, 2.75) is 33.2 Å². The van der Waals surface area contributed by atoms with Gasteiger partial charge in [-0.3, -0.25) is 0 Å². The van der Waals surface area contributed by atoms with Crippen molar-refractivity contribution in [1.82, 2.24) is 5.32 Å². The third-order valence-electron chi connectivity index (χ3n) is 2.28. The Morgan fingerprint density at radius 1 is 1.12 bits per heavy atom. The molecule has 0 aliphatic carbocycles. The molecule has 0 aliphatic heterocycles. The van der Waals surface area contributed by atoms with Crippen LogP contribution >= 0.6 is 0 Å². The number of rotatable bonds is 6. The Morgan fingerprint density at radius 2 is 1.82 bits per heavy atom. The molecule has 0 aliphatic rings. The van der Waals surface area contributed by atoms with Gasteiger partial charge in [0.1, 0.15) is 5.75 Å². The first-order valence-electron chi connectivity index (χ1n) is 6.23. The predicted octanol–water partition coefficient (Wildman–Crippen LogP) is 2.89. The second kappa shape index (κ2) is 6.50. The fourth-order valence-corrected chi connectivity index (χ4v) is 1.53. The molecule has 0 unspecified atom stereocenters. The van der Waals surface area contributed by atoms with Crippen molar-refractivity contribution < 1.29 is 4.74 Å². The number of nitrogens with one attached hydrogen (secondary N) is 2. The standard InChI is InChI=1S/C14H24N2O/c1-5-17-13-9-7-6-8-12(13)15-10-11-16-14(2,3)4/h6-9,15-16H,5,10-11H2,1-4H3. The molecule has 0 amide bonds. The summed E-state index contributed by atoms with van der Waals surface area (Å²) in [5, 5.41) is 6.82. The molecule has 3 nitrogen and oxygen atoms in total. The van der Waals surface area contributed by atoms with E-state index in [1.807, 2.05) is 31.2 Å². The van der Waals surface area contributed by atoms with Crippen molar-refractivity contribution in [3.63, 3.8) is 0 Å². The lowest BCUT2D eigenvalue weighted by Crippen LogP contribution is -2.38. The Kier molecular flexibility index (Phi) is 5.29. The lowest BCUT2D eigenvalue weighted by molar-refractivity contribution is 0.341. The van der Waals surface area contributed by atoms with E-state index in [0.29, 0.717) is 6.61 Å². The Bertz CT molecular complexity index is 331. The van der Waals surface area contributed by atoms with Crippen LogP contribution < -0.4 is 15.4 Å². The molecule has 0 heterocycles. The van der Waals surface area contributed by atoms with E-state index < -0.39 is 0 Å². The van der Waals surface area contributed by atoms with Gasteiger partial charge in [0, 0.05) is 18.6 Å². The molecule has 0 radical (unpaired) electrons. The van der Waals surface area contributed by atoms with Gasteiger partial charge in [0.25, 0.3) is 0 Å². The van der Waals surface area contributed by atoms with Crippen LogP contribution in [0.3, 0.4) is 0 Å². The molecule has 0 spiro atoms. The van der Waals surface area contributed by atoms with Crippen LogP contribution in [-0.2, 0) is 0 Å². The summed E-state index contributed by atoms with van der Waals surface area (Å²) in [5.41, 5.74) is 1.23. The molecule has 0 fully saturated rings. The fourth-order valence-electron chi connectivity index (χ4n) is 1.53. The monoisotopic (exact) mass is 236 g/mol. The third-order valence-corrected chi connectivity index (χ3v) is 2.28. The highest BCUT2D eigenvalue weighted by atomic mass is 16.5. The average molecular weight is 236 g/mol. The summed E-state index contributed by atoms with van der Waals surface area (Å²) in [6, 6.07) is 8.04. The number of benzene rings is 1. The first kappa shape index (κ1) is 13.8. The van der Waals surface area contributed by atoms with Gasteiger partial charge in [0.2, 0.25) is 0 Å². The van der Waals surface area contributed by atoms with Gasteiger partial charge in [-0.2, -0.15) is 0 Å². The average Bonchev–Trinajstić information content (AvgIpc) is 2.25. The molecule has 1 aromatic carbocycles. The van der Waals surface area contributed by atoms with Gasteiger partial charge in [-0.1, -0.05) is 12.1 Å². The van der Waals surface area contributed by atoms with Crippen molar-refractivity contribution in [3.8, 4) is 5.75 Å². The topological polar surface area (TPSA) is 33.3 Å². The van der Waals surface area contributed by atoms with Gasteiger partial charge in [-0.15, -0.1) is 0 Å². The Balaban J connectivity index is 2.41. The van der Waals surface area contributed by atoms with Crippen LogP contribution in [0.1, 0.15) is 27.7 Å². The summed E-state index contributed by atoms with van der Waals surface area (Å²) in [6.07, 6.45) is 0. The van der Waals surface area contributed by atoms with Crippen LogP contribution in [0.25, 0.3) is 0 Å². The summed E-state index contributed by atoms with van der Waals surface area (Å²) in [5.74, 6) is 0.922. The molecule has 96 valence electrons. The van der Waals surface area contributed by atoms with Crippen molar-refractivity contribution in [1.29, 1.82) is 0 Å². The van der Waals surface area contributed by atoms with Crippen LogP contribution in [0.2, 0.25) is 0 Å². The molecule has 3 heteroatoms. The molecule has 17 heavy (non-hydrogen) atoms. The first-order valence-corrected chi connectivity index (χ1v) is 6.23. The van der Waals surface area contributed by atoms with Gasteiger partial charge in [-0.05, 0) is 39.8 Å². The third kappa shape index (κ3) is 5.59. The number of hydrogen-bond acceptors (Lipinski definition) is 3. The molecule has 2 N–H and O–H groups in total. The largest absolute Gasteiger partial charge is 0.492 e. The SMILES string of the molecule is CCOc1ccccc1NCCNC(C)(C)C.